The molecule has 0 bridgehead atoms. The summed E-state index contributed by atoms with van der Waals surface area (Å²) in [4.78, 5) is 1.14. The molecule has 2 nitrogen and oxygen atoms in total. The van der Waals surface area contributed by atoms with Crippen LogP contribution in [0.3, 0.4) is 0 Å². The molecule has 18 heavy (non-hydrogen) atoms. The molecule has 0 N–H and O–H groups in total. The van der Waals surface area contributed by atoms with Crippen LogP contribution in [0.5, 0.6) is 0 Å². The van der Waals surface area contributed by atoms with E-state index in [4.69, 9.17) is 11.6 Å². The third-order valence-corrected chi connectivity index (χ3v) is 3.69. The fourth-order valence-electron chi connectivity index (χ4n) is 1.80. The van der Waals surface area contributed by atoms with E-state index >= 15 is 0 Å². The molecule has 0 unspecified atom stereocenters. The average Bonchev–Trinajstić information content (AvgIpc) is 2.93. The van der Waals surface area contributed by atoms with Crippen LogP contribution in [0, 0.1) is 0 Å². The number of hydrogen-bond acceptors (Lipinski definition) is 3. The van der Waals surface area contributed by atoms with Gasteiger partial charge in [-0.25, -0.2) is 0 Å². The molecule has 2 aromatic heterocycles. The topological polar surface area (TPSA) is 25.8 Å². The molecule has 0 radical (unpaired) electrons. The third kappa shape index (κ3) is 2.15. The molecule has 0 saturated carbocycles. The van der Waals surface area contributed by atoms with E-state index in [9.17, 15) is 0 Å². The van der Waals surface area contributed by atoms with Crippen LogP contribution in [-0.4, -0.2) is 10.2 Å². The molecule has 0 spiro atoms. The van der Waals surface area contributed by atoms with E-state index in [0.717, 1.165) is 21.7 Å². The van der Waals surface area contributed by atoms with E-state index < -0.39 is 0 Å². The highest BCUT2D eigenvalue weighted by Crippen LogP contribution is 2.33. The van der Waals surface area contributed by atoms with Crippen molar-refractivity contribution in [3.63, 3.8) is 0 Å². The van der Waals surface area contributed by atoms with Crippen molar-refractivity contribution in [2.24, 2.45) is 0 Å². The highest BCUT2D eigenvalue weighted by atomic mass is 35.5. The van der Waals surface area contributed by atoms with E-state index in [-0.39, 0.29) is 0 Å². The Hall–Kier alpha value is -1.71. The SMILES string of the molecule is Clc1cc(-c2cccs2)c(-c2ccccc2)nn1. The van der Waals surface area contributed by atoms with Crippen LogP contribution < -0.4 is 0 Å². The zero-order valence-corrected chi connectivity index (χ0v) is 10.9. The van der Waals surface area contributed by atoms with Crippen molar-refractivity contribution in [1.82, 2.24) is 10.2 Å². The lowest BCUT2D eigenvalue weighted by atomic mass is 10.1. The molecule has 0 fully saturated rings. The summed E-state index contributed by atoms with van der Waals surface area (Å²) in [7, 11) is 0. The molecule has 3 rings (SSSR count). The molecule has 4 heteroatoms. The van der Waals surface area contributed by atoms with Crippen molar-refractivity contribution in [2.45, 2.75) is 0 Å². The summed E-state index contributed by atoms with van der Waals surface area (Å²) in [5.41, 5.74) is 2.93. The average molecular weight is 273 g/mol. The van der Waals surface area contributed by atoms with Crippen LogP contribution >= 0.6 is 22.9 Å². The van der Waals surface area contributed by atoms with E-state index in [1.165, 1.54) is 0 Å². The summed E-state index contributed by atoms with van der Waals surface area (Å²) < 4.78 is 0. The normalized spacial score (nSPS) is 10.5. The van der Waals surface area contributed by atoms with Crippen LogP contribution in [0.25, 0.3) is 21.7 Å². The minimum Gasteiger partial charge on any atom is -0.148 e. The first kappa shape index (κ1) is 11.4. The van der Waals surface area contributed by atoms with Gasteiger partial charge in [0.1, 0.15) is 5.69 Å². The van der Waals surface area contributed by atoms with Crippen molar-refractivity contribution < 1.29 is 0 Å². The first-order valence-electron chi connectivity index (χ1n) is 5.47. The maximum absolute atomic E-state index is 5.95. The van der Waals surface area contributed by atoms with Gasteiger partial charge in [-0.3, -0.25) is 0 Å². The first-order chi connectivity index (χ1) is 8.84. The number of benzene rings is 1. The van der Waals surface area contributed by atoms with Gasteiger partial charge in [0.25, 0.3) is 0 Å². The summed E-state index contributed by atoms with van der Waals surface area (Å²) in [5, 5.41) is 10.6. The van der Waals surface area contributed by atoms with Crippen molar-refractivity contribution in [1.29, 1.82) is 0 Å². The Morgan fingerprint density at radius 3 is 2.50 bits per heavy atom. The monoisotopic (exact) mass is 272 g/mol. The van der Waals surface area contributed by atoms with Crippen LogP contribution in [0.15, 0.2) is 53.9 Å². The van der Waals surface area contributed by atoms with Gasteiger partial charge in [-0.1, -0.05) is 48.0 Å². The molecule has 0 amide bonds. The van der Waals surface area contributed by atoms with Crippen LogP contribution in [-0.2, 0) is 0 Å². The summed E-state index contributed by atoms with van der Waals surface area (Å²) in [6.45, 7) is 0. The van der Waals surface area contributed by atoms with Gasteiger partial charge in [-0.2, -0.15) is 0 Å². The lowest BCUT2D eigenvalue weighted by molar-refractivity contribution is 1.04. The van der Waals surface area contributed by atoms with Gasteiger partial charge in [-0.15, -0.1) is 21.5 Å². The maximum atomic E-state index is 5.95. The zero-order chi connectivity index (χ0) is 12.4. The third-order valence-electron chi connectivity index (χ3n) is 2.60. The van der Waals surface area contributed by atoms with Crippen molar-refractivity contribution in [2.75, 3.05) is 0 Å². The van der Waals surface area contributed by atoms with Gasteiger partial charge in [0.2, 0.25) is 0 Å². The lowest BCUT2D eigenvalue weighted by Gasteiger charge is -2.06. The Bertz CT molecular complexity index is 651. The fraction of sp³-hybridized carbons (Fsp3) is 0. The molecule has 3 aromatic rings. The van der Waals surface area contributed by atoms with E-state index in [0.29, 0.717) is 5.15 Å². The largest absolute Gasteiger partial charge is 0.152 e. The minimum atomic E-state index is 0.415. The van der Waals surface area contributed by atoms with Crippen LogP contribution in [0.4, 0.5) is 0 Å². The smallest absolute Gasteiger partial charge is 0.148 e. The molecule has 0 aliphatic heterocycles. The predicted molar refractivity (Wildman–Crippen MR) is 75.8 cm³/mol. The van der Waals surface area contributed by atoms with E-state index in [2.05, 4.69) is 16.3 Å². The second kappa shape index (κ2) is 4.88. The molecule has 1 aromatic carbocycles. The molecule has 2 heterocycles. The lowest BCUT2D eigenvalue weighted by Crippen LogP contribution is -1.91. The molecule has 88 valence electrons. The van der Waals surface area contributed by atoms with E-state index in [1.54, 1.807) is 11.3 Å². The van der Waals surface area contributed by atoms with Gasteiger partial charge >= 0.3 is 0 Å². The Labute approximate surface area is 114 Å². The Morgan fingerprint density at radius 2 is 1.78 bits per heavy atom. The Balaban J connectivity index is 2.21. The maximum Gasteiger partial charge on any atom is 0.152 e. The standard InChI is InChI=1S/C14H9ClN2S/c15-13-9-11(12-7-4-8-18-12)14(17-16-13)10-5-2-1-3-6-10/h1-9H. The van der Waals surface area contributed by atoms with Gasteiger partial charge in [-0.05, 0) is 17.5 Å². The molecular weight excluding hydrogens is 264 g/mol. The van der Waals surface area contributed by atoms with E-state index in [1.807, 2.05) is 47.8 Å². The van der Waals surface area contributed by atoms with Crippen LogP contribution in [0.1, 0.15) is 0 Å². The van der Waals surface area contributed by atoms with Crippen molar-refractivity contribution in [3.05, 3.63) is 59.1 Å². The second-order valence-electron chi connectivity index (χ2n) is 3.77. The summed E-state index contributed by atoms with van der Waals surface area (Å²) >= 11 is 7.62. The number of aromatic nitrogens is 2. The van der Waals surface area contributed by atoms with Gasteiger partial charge in [0.05, 0.1) is 0 Å². The number of halogens is 1. The Kier molecular flexibility index (Phi) is 3.09. The quantitative estimate of drug-likeness (QED) is 0.685. The molecule has 0 saturated heterocycles. The van der Waals surface area contributed by atoms with Crippen molar-refractivity contribution in [3.8, 4) is 21.7 Å². The first-order valence-corrected chi connectivity index (χ1v) is 6.73. The van der Waals surface area contributed by atoms with Crippen LogP contribution in [0.2, 0.25) is 5.15 Å². The van der Waals surface area contributed by atoms with Gasteiger partial charge in [0, 0.05) is 16.0 Å². The number of rotatable bonds is 2. The highest BCUT2D eigenvalue weighted by Gasteiger charge is 2.11. The highest BCUT2D eigenvalue weighted by molar-refractivity contribution is 7.13. The molecular formula is C14H9ClN2S. The molecule has 0 aliphatic carbocycles. The summed E-state index contributed by atoms with van der Waals surface area (Å²) in [6.07, 6.45) is 0. The summed E-state index contributed by atoms with van der Waals surface area (Å²) in [6, 6.07) is 16.0. The number of nitrogens with zero attached hydrogens (tertiary/aromatic N) is 2. The van der Waals surface area contributed by atoms with Gasteiger partial charge < -0.3 is 0 Å². The number of thiophene rings is 1. The molecule has 0 aliphatic rings. The van der Waals surface area contributed by atoms with Gasteiger partial charge in [0.15, 0.2) is 5.15 Å². The zero-order valence-electron chi connectivity index (χ0n) is 9.38. The summed E-state index contributed by atoms with van der Waals surface area (Å²) in [5.74, 6) is 0. The molecule has 0 atom stereocenters. The second-order valence-corrected chi connectivity index (χ2v) is 5.11. The fourth-order valence-corrected chi connectivity index (χ4v) is 2.69. The Morgan fingerprint density at radius 1 is 0.944 bits per heavy atom. The predicted octanol–water partition coefficient (Wildman–Crippen LogP) is 4.53. The number of hydrogen-bond donors (Lipinski definition) is 0. The minimum absolute atomic E-state index is 0.415. The van der Waals surface area contributed by atoms with Crippen molar-refractivity contribution >= 4 is 22.9 Å².